The van der Waals surface area contributed by atoms with Gasteiger partial charge < -0.3 is 5.32 Å². The predicted molar refractivity (Wildman–Crippen MR) is 87.6 cm³/mol. The summed E-state index contributed by atoms with van der Waals surface area (Å²) >= 11 is 12.2. The summed E-state index contributed by atoms with van der Waals surface area (Å²) in [5.74, 6) is 0. The van der Waals surface area contributed by atoms with Gasteiger partial charge >= 0.3 is 0 Å². The number of hydrogen-bond donors (Lipinski definition) is 1. The highest BCUT2D eigenvalue weighted by molar-refractivity contribution is 6.39. The Morgan fingerprint density at radius 2 is 1.37 bits per heavy atom. The third kappa shape index (κ3) is 7.08. The van der Waals surface area contributed by atoms with Crippen molar-refractivity contribution in [1.29, 1.82) is 0 Å². The summed E-state index contributed by atoms with van der Waals surface area (Å²) in [5.41, 5.74) is 0.869. The van der Waals surface area contributed by atoms with Crippen molar-refractivity contribution in [3.05, 3.63) is 28.2 Å². The maximum Gasteiger partial charge on any atom is 0.0718 e. The lowest BCUT2D eigenvalue weighted by Gasteiger charge is -2.10. The maximum atomic E-state index is 6.09. The summed E-state index contributed by atoms with van der Waals surface area (Å²) in [7, 11) is 0. The highest BCUT2D eigenvalue weighted by atomic mass is 35.5. The molecule has 0 saturated carbocycles. The van der Waals surface area contributed by atoms with Crippen molar-refractivity contribution >= 4 is 28.9 Å². The molecule has 1 N–H and O–H groups in total. The molecule has 0 aliphatic rings. The molecular weight excluding hydrogens is 277 g/mol. The third-order valence-corrected chi connectivity index (χ3v) is 3.92. The Hall–Kier alpha value is -0.400. The Kier molecular flexibility index (Phi) is 9.11. The zero-order chi connectivity index (χ0) is 13.9. The molecule has 0 bridgehead atoms. The molecule has 0 atom stereocenters. The lowest BCUT2D eigenvalue weighted by Crippen LogP contribution is -2.02. The van der Waals surface area contributed by atoms with Gasteiger partial charge in [0, 0.05) is 6.54 Å². The lowest BCUT2D eigenvalue weighted by molar-refractivity contribution is 0.581. The average Bonchev–Trinajstić information content (AvgIpc) is 2.40. The average molecular weight is 302 g/mol. The fourth-order valence-electron chi connectivity index (χ4n) is 2.14. The van der Waals surface area contributed by atoms with Crippen LogP contribution in [0.2, 0.25) is 10.0 Å². The highest BCUT2D eigenvalue weighted by Crippen LogP contribution is 2.29. The molecule has 1 aromatic rings. The third-order valence-electron chi connectivity index (χ3n) is 3.29. The van der Waals surface area contributed by atoms with Crippen LogP contribution in [0.3, 0.4) is 0 Å². The summed E-state index contributed by atoms with van der Waals surface area (Å²) < 4.78 is 0. The second kappa shape index (κ2) is 10.4. The molecule has 0 amide bonds. The molecule has 3 heteroatoms. The van der Waals surface area contributed by atoms with Gasteiger partial charge in [-0.15, -0.1) is 0 Å². The molecule has 0 aromatic heterocycles. The van der Waals surface area contributed by atoms with E-state index in [0.29, 0.717) is 10.0 Å². The van der Waals surface area contributed by atoms with Crippen LogP contribution in [0, 0.1) is 0 Å². The molecule has 108 valence electrons. The van der Waals surface area contributed by atoms with Crippen molar-refractivity contribution in [3.63, 3.8) is 0 Å². The Labute approximate surface area is 127 Å². The van der Waals surface area contributed by atoms with Crippen LogP contribution < -0.4 is 5.32 Å². The summed E-state index contributed by atoms with van der Waals surface area (Å²) in [5, 5.41) is 4.73. The highest BCUT2D eigenvalue weighted by Gasteiger charge is 2.03. The number of halogens is 2. The van der Waals surface area contributed by atoms with E-state index in [1.807, 2.05) is 18.2 Å². The number of benzene rings is 1. The first-order valence-electron chi connectivity index (χ1n) is 7.43. The number of para-hydroxylation sites is 1. The predicted octanol–water partition coefficient (Wildman–Crippen LogP) is 6.55. The molecule has 0 heterocycles. The Morgan fingerprint density at radius 1 is 0.842 bits per heavy atom. The molecule has 0 saturated heterocycles. The van der Waals surface area contributed by atoms with E-state index in [2.05, 4.69) is 12.2 Å². The quantitative estimate of drug-likeness (QED) is 0.483. The van der Waals surface area contributed by atoms with Crippen LogP contribution in [-0.2, 0) is 0 Å². The topological polar surface area (TPSA) is 12.0 Å². The van der Waals surface area contributed by atoms with E-state index in [1.165, 1.54) is 51.4 Å². The zero-order valence-electron chi connectivity index (χ0n) is 11.9. The normalized spacial score (nSPS) is 10.7. The van der Waals surface area contributed by atoms with Crippen LogP contribution in [0.25, 0.3) is 0 Å². The molecule has 0 fully saturated rings. The molecule has 0 radical (unpaired) electrons. The van der Waals surface area contributed by atoms with E-state index in [0.717, 1.165) is 12.2 Å². The minimum absolute atomic E-state index is 0.701. The molecule has 1 nitrogen and oxygen atoms in total. The maximum absolute atomic E-state index is 6.09. The van der Waals surface area contributed by atoms with Gasteiger partial charge in [-0.25, -0.2) is 0 Å². The van der Waals surface area contributed by atoms with Gasteiger partial charge in [0.2, 0.25) is 0 Å². The van der Waals surface area contributed by atoms with Crippen LogP contribution in [0.1, 0.15) is 58.3 Å². The number of rotatable bonds is 10. The van der Waals surface area contributed by atoms with Gasteiger partial charge in [0.25, 0.3) is 0 Å². The monoisotopic (exact) mass is 301 g/mol. The van der Waals surface area contributed by atoms with E-state index in [9.17, 15) is 0 Å². The van der Waals surface area contributed by atoms with Gasteiger partial charge in [0.15, 0.2) is 0 Å². The van der Waals surface area contributed by atoms with Gasteiger partial charge in [0.05, 0.1) is 15.7 Å². The smallest absolute Gasteiger partial charge is 0.0718 e. The van der Waals surface area contributed by atoms with E-state index in [1.54, 1.807) is 0 Å². The van der Waals surface area contributed by atoms with Crippen molar-refractivity contribution in [3.8, 4) is 0 Å². The summed E-state index contributed by atoms with van der Waals surface area (Å²) in [6.45, 7) is 3.20. The molecular formula is C16H25Cl2N. The van der Waals surface area contributed by atoms with Gasteiger partial charge in [-0.05, 0) is 18.6 Å². The largest absolute Gasteiger partial charge is 0.383 e. The van der Waals surface area contributed by atoms with Crippen molar-refractivity contribution in [2.24, 2.45) is 0 Å². The number of hydrogen-bond acceptors (Lipinski definition) is 1. The minimum atomic E-state index is 0.701. The van der Waals surface area contributed by atoms with Crippen molar-refractivity contribution in [1.82, 2.24) is 0 Å². The molecule has 1 aromatic carbocycles. The van der Waals surface area contributed by atoms with E-state index >= 15 is 0 Å². The standard InChI is InChI=1S/C16H25Cl2N/c1-2-3-4-5-6-7-8-9-13-19-16-14(17)11-10-12-15(16)18/h10-12,19H,2-9,13H2,1H3. The number of nitrogens with one attached hydrogen (secondary N) is 1. The van der Waals surface area contributed by atoms with Gasteiger partial charge in [-0.3, -0.25) is 0 Å². The second-order valence-corrected chi connectivity index (χ2v) is 5.81. The van der Waals surface area contributed by atoms with Crippen LogP contribution in [-0.4, -0.2) is 6.54 Å². The van der Waals surface area contributed by atoms with Crippen molar-refractivity contribution in [2.75, 3.05) is 11.9 Å². The summed E-state index contributed by atoms with van der Waals surface area (Å²) in [4.78, 5) is 0. The first kappa shape index (κ1) is 16.7. The Bertz CT molecular complexity index is 332. The molecule has 0 aliphatic heterocycles. The van der Waals surface area contributed by atoms with Crippen molar-refractivity contribution in [2.45, 2.75) is 58.3 Å². The fourth-order valence-corrected chi connectivity index (χ4v) is 2.67. The molecule has 0 spiro atoms. The van der Waals surface area contributed by atoms with Crippen LogP contribution >= 0.6 is 23.2 Å². The molecule has 0 unspecified atom stereocenters. The summed E-state index contributed by atoms with van der Waals surface area (Å²) in [6.07, 6.45) is 10.6. The molecule has 0 aliphatic carbocycles. The van der Waals surface area contributed by atoms with Gasteiger partial charge in [-0.1, -0.05) is 81.1 Å². The van der Waals surface area contributed by atoms with Crippen molar-refractivity contribution < 1.29 is 0 Å². The molecule has 1 rings (SSSR count). The number of unbranched alkanes of at least 4 members (excludes halogenated alkanes) is 7. The van der Waals surface area contributed by atoms with E-state index in [4.69, 9.17) is 23.2 Å². The van der Waals surface area contributed by atoms with Gasteiger partial charge in [-0.2, -0.15) is 0 Å². The summed E-state index contributed by atoms with van der Waals surface area (Å²) in [6, 6.07) is 5.60. The van der Waals surface area contributed by atoms with Crippen LogP contribution in [0.15, 0.2) is 18.2 Å². The molecule has 19 heavy (non-hydrogen) atoms. The first-order chi connectivity index (χ1) is 9.25. The van der Waals surface area contributed by atoms with Crippen LogP contribution in [0.5, 0.6) is 0 Å². The SMILES string of the molecule is CCCCCCCCCCNc1c(Cl)cccc1Cl. The fraction of sp³-hybridized carbons (Fsp3) is 0.625. The Balaban J connectivity index is 2.05. The second-order valence-electron chi connectivity index (χ2n) is 5.00. The first-order valence-corrected chi connectivity index (χ1v) is 8.19. The van der Waals surface area contributed by atoms with E-state index < -0.39 is 0 Å². The Morgan fingerprint density at radius 3 is 1.95 bits per heavy atom. The number of anilines is 1. The minimum Gasteiger partial charge on any atom is -0.383 e. The zero-order valence-corrected chi connectivity index (χ0v) is 13.4. The lowest BCUT2D eigenvalue weighted by atomic mass is 10.1. The van der Waals surface area contributed by atoms with Crippen LogP contribution in [0.4, 0.5) is 5.69 Å². The van der Waals surface area contributed by atoms with E-state index in [-0.39, 0.29) is 0 Å². The van der Waals surface area contributed by atoms with Gasteiger partial charge in [0.1, 0.15) is 0 Å².